The Morgan fingerprint density at radius 1 is 1.18 bits per heavy atom. The second kappa shape index (κ2) is 6.35. The van der Waals surface area contributed by atoms with Crippen LogP contribution in [0.25, 0.3) is 0 Å². The van der Waals surface area contributed by atoms with E-state index in [9.17, 15) is 13.2 Å². The molecule has 1 heterocycles. The summed E-state index contributed by atoms with van der Waals surface area (Å²) in [4.78, 5) is 5.84. The van der Waals surface area contributed by atoms with Gasteiger partial charge >= 0.3 is 6.36 Å². The third-order valence-electron chi connectivity index (χ3n) is 2.88. The normalized spacial score (nSPS) is 10.9. The Kier molecular flexibility index (Phi) is 4.51. The SMILES string of the molecule is CN(Cc1ccc(OC(F)(F)F)cc1)c1ccc(C#N)nc1. The Morgan fingerprint density at radius 2 is 1.86 bits per heavy atom. The van der Waals surface area contributed by atoms with Crippen LogP contribution in [0.1, 0.15) is 11.3 Å². The topological polar surface area (TPSA) is 49.1 Å². The lowest BCUT2D eigenvalue weighted by molar-refractivity contribution is -0.274. The van der Waals surface area contributed by atoms with Gasteiger partial charge in [-0.2, -0.15) is 5.26 Å². The first-order valence-electron chi connectivity index (χ1n) is 6.29. The smallest absolute Gasteiger partial charge is 0.406 e. The molecule has 2 aromatic rings. The first kappa shape index (κ1) is 15.6. The van der Waals surface area contributed by atoms with Gasteiger partial charge in [-0.1, -0.05) is 12.1 Å². The molecule has 0 aliphatic rings. The Labute approximate surface area is 125 Å². The van der Waals surface area contributed by atoms with E-state index in [4.69, 9.17) is 5.26 Å². The monoisotopic (exact) mass is 307 g/mol. The van der Waals surface area contributed by atoms with Crippen molar-refractivity contribution >= 4 is 5.69 Å². The fourth-order valence-electron chi connectivity index (χ4n) is 1.84. The first-order chi connectivity index (χ1) is 10.4. The van der Waals surface area contributed by atoms with Gasteiger partial charge in [0.25, 0.3) is 0 Å². The fraction of sp³-hybridized carbons (Fsp3) is 0.200. The minimum Gasteiger partial charge on any atom is -0.406 e. The minimum atomic E-state index is -4.69. The van der Waals surface area contributed by atoms with E-state index < -0.39 is 6.36 Å². The third-order valence-corrected chi connectivity index (χ3v) is 2.88. The van der Waals surface area contributed by atoms with Crippen molar-refractivity contribution in [1.29, 1.82) is 5.26 Å². The Bertz CT molecular complexity index is 660. The van der Waals surface area contributed by atoms with Crippen molar-refractivity contribution in [3.05, 3.63) is 53.9 Å². The Morgan fingerprint density at radius 3 is 2.36 bits per heavy atom. The number of aromatic nitrogens is 1. The van der Waals surface area contributed by atoms with Crippen molar-refractivity contribution < 1.29 is 17.9 Å². The molecule has 0 aliphatic carbocycles. The van der Waals surface area contributed by atoms with E-state index >= 15 is 0 Å². The third kappa shape index (κ3) is 4.38. The van der Waals surface area contributed by atoms with Gasteiger partial charge in [0.05, 0.1) is 11.9 Å². The molecule has 0 fully saturated rings. The molecule has 22 heavy (non-hydrogen) atoms. The predicted octanol–water partition coefficient (Wildman–Crippen LogP) is 3.49. The molecule has 0 bridgehead atoms. The van der Waals surface area contributed by atoms with Gasteiger partial charge in [-0.05, 0) is 29.8 Å². The van der Waals surface area contributed by atoms with E-state index in [0.29, 0.717) is 12.2 Å². The molecule has 0 saturated heterocycles. The van der Waals surface area contributed by atoms with E-state index in [2.05, 4.69) is 9.72 Å². The second-order valence-electron chi connectivity index (χ2n) is 4.56. The summed E-state index contributed by atoms with van der Waals surface area (Å²) in [5, 5.41) is 8.69. The van der Waals surface area contributed by atoms with Crippen LogP contribution in [0.3, 0.4) is 0 Å². The number of nitrogens with zero attached hydrogens (tertiary/aromatic N) is 3. The van der Waals surface area contributed by atoms with Crippen molar-refractivity contribution in [2.75, 3.05) is 11.9 Å². The van der Waals surface area contributed by atoms with E-state index in [0.717, 1.165) is 11.3 Å². The van der Waals surface area contributed by atoms with Gasteiger partial charge < -0.3 is 9.64 Å². The van der Waals surface area contributed by atoms with Gasteiger partial charge in [0.2, 0.25) is 0 Å². The molecule has 0 spiro atoms. The van der Waals surface area contributed by atoms with E-state index in [1.807, 2.05) is 18.0 Å². The lowest BCUT2D eigenvalue weighted by Gasteiger charge is -2.19. The number of anilines is 1. The van der Waals surface area contributed by atoms with Crippen LogP contribution < -0.4 is 9.64 Å². The molecule has 0 unspecified atom stereocenters. The number of benzene rings is 1. The number of alkyl halides is 3. The second-order valence-corrected chi connectivity index (χ2v) is 4.56. The summed E-state index contributed by atoms with van der Waals surface area (Å²) in [5.41, 5.74) is 1.95. The van der Waals surface area contributed by atoms with Crippen LogP contribution in [0.2, 0.25) is 0 Å². The van der Waals surface area contributed by atoms with Crippen LogP contribution in [-0.4, -0.2) is 18.4 Å². The standard InChI is InChI=1S/C15H12F3N3O/c1-21(13-5-4-12(8-19)20-9-13)10-11-2-6-14(7-3-11)22-15(16,17)18/h2-7,9H,10H2,1H3. The van der Waals surface area contributed by atoms with Gasteiger partial charge in [-0.25, -0.2) is 4.98 Å². The molecule has 114 valence electrons. The maximum absolute atomic E-state index is 12.1. The van der Waals surface area contributed by atoms with E-state index in [1.54, 1.807) is 30.5 Å². The highest BCUT2D eigenvalue weighted by molar-refractivity contribution is 5.46. The molecule has 0 aliphatic heterocycles. The zero-order valence-electron chi connectivity index (χ0n) is 11.6. The minimum absolute atomic E-state index is 0.251. The zero-order valence-corrected chi connectivity index (χ0v) is 11.6. The largest absolute Gasteiger partial charge is 0.573 e. The molecule has 0 N–H and O–H groups in total. The zero-order chi connectivity index (χ0) is 16.2. The number of rotatable bonds is 4. The van der Waals surface area contributed by atoms with Crippen molar-refractivity contribution in [3.8, 4) is 11.8 Å². The molecule has 0 atom stereocenters. The number of pyridine rings is 1. The van der Waals surface area contributed by atoms with Crippen LogP contribution in [-0.2, 0) is 6.54 Å². The van der Waals surface area contributed by atoms with Crippen LogP contribution in [0, 0.1) is 11.3 Å². The highest BCUT2D eigenvalue weighted by atomic mass is 19.4. The van der Waals surface area contributed by atoms with Crippen LogP contribution in [0.4, 0.5) is 18.9 Å². The summed E-state index contributed by atoms with van der Waals surface area (Å²) >= 11 is 0. The first-order valence-corrected chi connectivity index (χ1v) is 6.29. The summed E-state index contributed by atoms with van der Waals surface area (Å²) < 4.78 is 40.0. The predicted molar refractivity (Wildman–Crippen MR) is 74.2 cm³/mol. The summed E-state index contributed by atoms with van der Waals surface area (Å²) in [5.74, 6) is -0.251. The number of hydrogen-bond acceptors (Lipinski definition) is 4. The molecular formula is C15H12F3N3O. The maximum Gasteiger partial charge on any atom is 0.573 e. The molecule has 4 nitrogen and oxygen atoms in total. The maximum atomic E-state index is 12.1. The molecule has 7 heteroatoms. The molecule has 2 rings (SSSR count). The van der Waals surface area contributed by atoms with Gasteiger partial charge in [-0.15, -0.1) is 13.2 Å². The highest BCUT2D eigenvalue weighted by Crippen LogP contribution is 2.23. The van der Waals surface area contributed by atoms with Crippen LogP contribution in [0.5, 0.6) is 5.75 Å². The van der Waals surface area contributed by atoms with Gasteiger partial charge in [-0.3, -0.25) is 0 Å². The van der Waals surface area contributed by atoms with Crippen molar-refractivity contribution in [2.24, 2.45) is 0 Å². The fourth-order valence-corrected chi connectivity index (χ4v) is 1.84. The summed E-state index contributed by atoms with van der Waals surface area (Å²) in [6.45, 7) is 0.486. The van der Waals surface area contributed by atoms with E-state index in [-0.39, 0.29) is 5.75 Å². The average Bonchev–Trinajstić information content (AvgIpc) is 2.48. The highest BCUT2D eigenvalue weighted by Gasteiger charge is 2.30. The molecular weight excluding hydrogens is 295 g/mol. The van der Waals surface area contributed by atoms with Crippen LogP contribution in [0.15, 0.2) is 42.6 Å². The lowest BCUT2D eigenvalue weighted by atomic mass is 10.2. The van der Waals surface area contributed by atoms with Gasteiger partial charge in [0.15, 0.2) is 0 Å². The quantitative estimate of drug-likeness (QED) is 0.867. The van der Waals surface area contributed by atoms with Crippen molar-refractivity contribution in [3.63, 3.8) is 0 Å². The van der Waals surface area contributed by atoms with Gasteiger partial charge in [0, 0.05) is 13.6 Å². The molecule has 0 radical (unpaired) electrons. The number of nitriles is 1. The molecule has 1 aromatic carbocycles. The number of halogens is 3. The molecule has 1 aromatic heterocycles. The lowest BCUT2D eigenvalue weighted by Crippen LogP contribution is -2.18. The molecule has 0 saturated carbocycles. The Hall–Kier alpha value is -2.75. The van der Waals surface area contributed by atoms with Crippen molar-refractivity contribution in [2.45, 2.75) is 12.9 Å². The van der Waals surface area contributed by atoms with E-state index in [1.165, 1.54) is 12.1 Å². The van der Waals surface area contributed by atoms with Crippen molar-refractivity contribution in [1.82, 2.24) is 4.98 Å². The average molecular weight is 307 g/mol. The van der Waals surface area contributed by atoms with Crippen LogP contribution >= 0.6 is 0 Å². The Balaban J connectivity index is 2.02. The molecule has 0 amide bonds. The number of ether oxygens (including phenoxy) is 1. The number of hydrogen-bond donors (Lipinski definition) is 0. The van der Waals surface area contributed by atoms with Gasteiger partial charge in [0.1, 0.15) is 17.5 Å². The summed E-state index contributed by atoms with van der Waals surface area (Å²) in [7, 11) is 1.82. The summed E-state index contributed by atoms with van der Waals surface area (Å²) in [6, 6.07) is 11.0. The summed E-state index contributed by atoms with van der Waals surface area (Å²) in [6.07, 6.45) is -3.12.